The lowest BCUT2D eigenvalue weighted by Gasteiger charge is -2.11. The summed E-state index contributed by atoms with van der Waals surface area (Å²) in [4.78, 5) is 0. The van der Waals surface area contributed by atoms with Crippen molar-refractivity contribution in [2.24, 2.45) is 0 Å². The summed E-state index contributed by atoms with van der Waals surface area (Å²) in [6, 6.07) is 0. The topological polar surface area (TPSA) is 40.5 Å². The SMILES string of the molecule is OC1=CCCCCCCCCCC1O. The van der Waals surface area contributed by atoms with Gasteiger partial charge in [-0.15, -0.1) is 0 Å². The highest BCUT2D eigenvalue weighted by atomic mass is 16.3. The lowest BCUT2D eigenvalue weighted by Crippen LogP contribution is -2.10. The van der Waals surface area contributed by atoms with E-state index in [4.69, 9.17) is 0 Å². The van der Waals surface area contributed by atoms with E-state index in [1.807, 2.05) is 0 Å². The first-order valence-electron chi connectivity index (χ1n) is 5.88. The van der Waals surface area contributed by atoms with E-state index in [0.717, 1.165) is 19.3 Å². The standard InChI is InChI=1S/C12H22O2/c13-11-9-7-5-3-1-2-4-6-8-10-12(11)14/h9,12-14H,1-8,10H2. The van der Waals surface area contributed by atoms with E-state index in [0.29, 0.717) is 6.42 Å². The van der Waals surface area contributed by atoms with Crippen molar-refractivity contribution in [2.45, 2.75) is 63.9 Å². The molecule has 0 fully saturated rings. The molecule has 0 radical (unpaired) electrons. The first kappa shape index (κ1) is 11.6. The lowest BCUT2D eigenvalue weighted by atomic mass is 10.0. The molecule has 0 saturated heterocycles. The minimum atomic E-state index is -0.616. The number of aliphatic hydroxyl groups is 2. The number of hydrogen-bond donors (Lipinski definition) is 2. The van der Waals surface area contributed by atoms with Gasteiger partial charge in [-0.25, -0.2) is 0 Å². The molecule has 1 atom stereocenters. The van der Waals surface area contributed by atoms with Crippen molar-refractivity contribution >= 4 is 0 Å². The quantitative estimate of drug-likeness (QED) is 0.627. The van der Waals surface area contributed by atoms with Gasteiger partial charge >= 0.3 is 0 Å². The first-order chi connectivity index (χ1) is 6.80. The molecule has 0 heterocycles. The molecule has 0 bridgehead atoms. The average molecular weight is 198 g/mol. The summed E-state index contributed by atoms with van der Waals surface area (Å²) < 4.78 is 0. The van der Waals surface area contributed by atoms with E-state index in [2.05, 4.69) is 0 Å². The Balaban J connectivity index is 2.36. The fourth-order valence-electron chi connectivity index (χ4n) is 1.90. The van der Waals surface area contributed by atoms with Crippen molar-refractivity contribution < 1.29 is 10.2 Å². The van der Waals surface area contributed by atoms with Crippen LogP contribution in [0.2, 0.25) is 0 Å². The molecule has 0 saturated carbocycles. The predicted molar refractivity (Wildman–Crippen MR) is 58.3 cm³/mol. The smallest absolute Gasteiger partial charge is 0.117 e. The second kappa shape index (κ2) is 6.88. The molecule has 1 unspecified atom stereocenters. The molecule has 0 aromatic carbocycles. The van der Waals surface area contributed by atoms with Gasteiger partial charge in [0.05, 0.1) is 0 Å². The summed E-state index contributed by atoms with van der Waals surface area (Å²) in [5.41, 5.74) is 0. The molecular formula is C12H22O2. The molecule has 2 N–H and O–H groups in total. The van der Waals surface area contributed by atoms with Crippen LogP contribution in [0.4, 0.5) is 0 Å². The van der Waals surface area contributed by atoms with Crippen LogP contribution in [0.15, 0.2) is 11.8 Å². The number of hydrogen-bond acceptors (Lipinski definition) is 2. The highest BCUT2D eigenvalue weighted by Crippen LogP contribution is 2.15. The van der Waals surface area contributed by atoms with Gasteiger partial charge in [0.2, 0.25) is 0 Å². The van der Waals surface area contributed by atoms with Crippen molar-refractivity contribution in [3.05, 3.63) is 11.8 Å². The summed E-state index contributed by atoms with van der Waals surface area (Å²) in [6.45, 7) is 0. The summed E-state index contributed by atoms with van der Waals surface area (Å²) in [5.74, 6) is 0.186. The lowest BCUT2D eigenvalue weighted by molar-refractivity contribution is 0.140. The van der Waals surface area contributed by atoms with Crippen LogP contribution in [0.3, 0.4) is 0 Å². The minimum absolute atomic E-state index is 0.186. The number of rotatable bonds is 0. The maximum atomic E-state index is 9.54. The van der Waals surface area contributed by atoms with Crippen molar-refractivity contribution in [2.75, 3.05) is 0 Å². The summed E-state index contributed by atoms with van der Waals surface area (Å²) in [7, 11) is 0. The Morgan fingerprint density at radius 1 is 0.929 bits per heavy atom. The van der Waals surface area contributed by atoms with Gasteiger partial charge in [-0.3, -0.25) is 0 Å². The molecular weight excluding hydrogens is 176 g/mol. The van der Waals surface area contributed by atoms with Crippen molar-refractivity contribution in [1.29, 1.82) is 0 Å². The molecule has 1 aliphatic rings. The predicted octanol–water partition coefficient (Wildman–Crippen LogP) is 3.31. The molecule has 1 rings (SSSR count). The van der Waals surface area contributed by atoms with E-state index in [-0.39, 0.29) is 5.76 Å². The molecule has 82 valence electrons. The van der Waals surface area contributed by atoms with Crippen LogP contribution < -0.4 is 0 Å². The monoisotopic (exact) mass is 198 g/mol. The third kappa shape index (κ3) is 4.66. The van der Waals surface area contributed by atoms with Crippen LogP contribution in [0.5, 0.6) is 0 Å². The molecule has 1 aliphatic carbocycles. The van der Waals surface area contributed by atoms with Crippen molar-refractivity contribution in [1.82, 2.24) is 0 Å². The van der Waals surface area contributed by atoms with Crippen molar-refractivity contribution in [3.63, 3.8) is 0 Å². The van der Waals surface area contributed by atoms with Gasteiger partial charge in [0.15, 0.2) is 0 Å². The van der Waals surface area contributed by atoms with Crippen molar-refractivity contribution in [3.8, 4) is 0 Å². The summed E-state index contributed by atoms with van der Waals surface area (Å²) in [6.07, 6.45) is 11.3. The van der Waals surface area contributed by atoms with Gasteiger partial charge in [-0.1, -0.05) is 38.5 Å². The Hall–Kier alpha value is -0.500. The fraction of sp³-hybridized carbons (Fsp3) is 0.833. The third-order valence-corrected chi connectivity index (χ3v) is 2.88. The van der Waals surface area contributed by atoms with Crippen LogP contribution in [-0.4, -0.2) is 16.3 Å². The van der Waals surface area contributed by atoms with Crippen LogP contribution >= 0.6 is 0 Å². The maximum absolute atomic E-state index is 9.54. The van der Waals surface area contributed by atoms with Crippen LogP contribution in [0, 0.1) is 0 Å². The van der Waals surface area contributed by atoms with Gasteiger partial charge in [-0.05, 0) is 25.3 Å². The Bertz CT molecular complexity index is 175. The first-order valence-corrected chi connectivity index (χ1v) is 5.88. The maximum Gasteiger partial charge on any atom is 0.117 e. The van der Waals surface area contributed by atoms with Gasteiger partial charge in [0.25, 0.3) is 0 Å². The van der Waals surface area contributed by atoms with Crippen LogP contribution in [-0.2, 0) is 0 Å². The zero-order valence-corrected chi connectivity index (χ0v) is 8.91. The van der Waals surface area contributed by atoms with E-state index in [9.17, 15) is 10.2 Å². The highest BCUT2D eigenvalue weighted by Gasteiger charge is 2.08. The molecule has 0 amide bonds. The third-order valence-electron chi connectivity index (χ3n) is 2.88. The number of aliphatic hydroxyl groups excluding tert-OH is 2. The second-order valence-corrected chi connectivity index (χ2v) is 4.20. The molecule has 0 aromatic heterocycles. The zero-order chi connectivity index (χ0) is 10.2. The molecule has 14 heavy (non-hydrogen) atoms. The van der Waals surface area contributed by atoms with Gasteiger partial charge in [0, 0.05) is 0 Å². The molecule has 2 nitrogen and oxygen atoms in total. The van der Waals surface area contributed by atoms with Crippen LogP contribution in [0.25, 0.3) is 0 Å². The Labute approximate surface area is 86.6 Å². The van der Waals surface area contributed by atoms with Gasteiger partial charge < -0.3 is 10.2 Å². The molecule has 2 heteroatoms. The van der Waals surface area contributed by atoms with Gasteiger partial charge in [-0.2, -0.15) is 0 Å². The Kier molecular flexibility index (Phi) is 5.69. The molecule has 0 aliphatic heterocycles. The minimum Gasteiger partial charge on any atom is -0.510 e. The fourth-order valence-corrected chi connectivity index (χ4v) is 1.90. The van der Waals surface area contributed by atoms with Crippen LogP contribution in [0.1, 0.15) is 57.8 Å². The summed E-state index contributed by atoms with van der Waals surface area (Å²) >= 11 is 0. The van der Waals surface area contributed by atoms with E-state index in [1.165, 1.54) is 32.1 Å². The Morgan fingerprint density at radius 3 is 2.21 bits per heavy atom. The van der Waals surface area contributed by atoms with Gasteiger partial charge in [0.1, 0.15) is 11.9 Å². The highest BCUT2D eigenvalue weighted by molar-refractivity contribution is 4.97. The second-order valence-electron chi connectivity index (χ2n) is 4.20. The average Bonchev–Trinajstić information content (AvgIpc) is 2.18. The van der Waals surface area contributed by atoms with E-state index in [1.54, 1.807) is 6.08 Å². The normalized spacial score (nSPS) is 27.2. The largest absolute Gasteiger partial charge is 0.510 e. The zero-order valence-electron chi connectivity index (χ0n) is 8.91. The van der Waals surface area contributed by atoms with E-state index < -0.39 is 6.10 Å². The molecule has 0 aromatic rings. The summed E-state index contributed by atoms with van der Waals surface area (Å²) in [5, 5.41) is 19.0. The molecule has 0 spiro atoms. The Morgan fingerprint density at radius 2 is 1.50 bits per heavy atom. The number of allylic oxidation sites excluding steroid dienone is 1. The van der Waals surface area contributed by atoms with E-state index >= 15 is 0 Å².